The van der Waals surface area contributed by atoms with E-state index in [0.717, 1.165) is 25.2 Å². The Labute approximate surface area is 126 Å². The van der Waals surface area contributed by atoms with Crippen molar-refractivity contribution in [2.75, 3.05) is 25.1 Å². The molecule has 1 unspecified atom stereocenters. The topological polar surface area (TPSA) is 80.1 Å². The van der Waals surface area contributed by atoms with Gasteiger partial charge in [-0.25, -0.2) is 8.42 Å². The molecule has 8 heteroatoms. The zero-order valence-corrected chi connectivity index (χ0v) is 13.8. The van der Waals surface area contributed by atoms with Crippen molar-refractivity contribution in [3.8, 4) is 0 Å². The van der Waals surface area contributed by atoms with Crippen LogP contribution >= 0.6 is 0 Å². The van der Waals surface area contributed by atoms with E-state index in [2.05, 4.69) is 34.4 Å². The number of nitrogens with zero attached hydrogens (tertiary/aromatic N) is 4. The molecule has 1 atom stereocenters. The van der Waals surface area contributed by atoms with Crippen LogP contribution < -0.4 is 5.32 Å². The summed E-state index contributed by atoms with van der Waals surface area (Å²) in [5, 5.41) is 11.5. The van der Waals surface area contributed by atoms with Crippen LogP contribution in [0.3, 0.4) is 0 Å². The summed E-state index contributed by atoms with van der Waals surface area (Å²) in [6, 6.07) is 0.561. The Balaban J connectivity index is 1.78. The lowest BCUT2D eigenvalue weighted by molar-refractivity contribution is 0.247. The Bertz CT molecular complexity index is 555. The highest BCUT2D eigenvalue weighted by atomic mass is 32.2. The number of hydrogen-bond donors (Lipinski definition) is 1. The van der Waals surface area contributed by atoms with E-state index >= 15 is 0 Å². The summed E-state index contributed by atoms with van der Waals surface area (Å²) in [4.78, 5) is 2.11. The predicted molar refractivity (Wildman–Crippen MR) is 81.7 cm³/mol. The van der Waals surface area contributed by atoms with E-state index in [4.69, 9.17) is 0 Å². The normalized spacial score (nSPS) is 21.5. The average molecular weight is 315 g/mol. The number of rotatable bonds is 7. The fraction of sp³-hybridized carbons (Fsp3) is 0.846. The Morgan fingerprint density at radius 1 is 1.52 bits per heavy atom. The largest absolute Gasteiger partial charge is 0.309 e. The summed E-state index contributed by atoms with van der Waals surface area (Å²) in [5.41, 5.74) is 0.926. The van der Waals surface area contributed by atoms with Gasteiger partial charge in [-0.15, -0.1) is 5.10 Å². The lowest BCUT2D eigenvalue weighted by atomic mass is 10.2. The van der Waals surface area contributed by atoms with E-state index in [1.165, 1.54) is 0 Å². The Morgan fingerprint density at radius 2 is 2.29 bits per heavy atom. The van der Waals surface area contributed by atoms with Gasteiger partial charge in [0.25, 0.3) is 0 Å². The molecular weight excluding hydrogens is 290 g/mol. The van der Waals surface area contributed by atoms with E-state index < -0.39 is 9.84 Å². The number of sulfone groups is 1. The highest BCUT2D eigenvalue weighted by molar-refractivity contribution is 7.91. The molecule has 0 bridgehead atoms. The monoisotopic (exact) mass is 315 g/mol. The van der Waals surface area contributed by atoms with E-state index in [0.29, 0.717) is 18.3 Å². The van der Waals surface area contributed by atoms with Crippen molar-refractivity contribution in [1.29, 1.82) is 0 Å². The standard InChI is InChI=1S/C13H25N5O2S/c1-11(2)14-8-12-9-18(16-15-12)6-5-17(3)13-4-7-21(19,20)10-13/h9,11,13-14H,4-8,10H2,1-3H3. The average Bonchev–Trinajstić information content (AvgIpc) is 3.00. The van der Waals surface area contributed by atoms with Gasteiger partial charge in [0.15, 0.2) is 9.84 Å². The molecule has 7 nitrogen and oxygen atoms in total. The third kappa shape index (κ3) is 5.05. The molecule has 2 rings (SSSR count). The first-order chi connectivity index (χ1) is 9.85. The first-order valence-electron chi connectivity index (χ1n) is 7.39. The van der Waals surface area contributed by atoms with Crippen LogP contribution in [0.5, 0.6) is 0 Å². The van der Waals surface area contributed by atoms with Crippen LogP contribution in [0.4, 0.5) is 0 Å². The zero-order valence-electron chi connectivity index (χ0n) is 13.0. The third-order valence-electron chi connectivity index (χ3n) is 3.79. The first kappa shape index (κ1) is 16.4. The summed E-state index contributed by atoms with van der Waals surface area (Å²) in [6.45, 7) is 6.40. The molecule has 0 radical (unpaired) electrons. The van der Waals surface area contributed by atoms with Crippen LogP contribution in [0.15, 0.2) is 6.20 Å². The molecule has 1 aliphatic rings. The van der Waals surface area contributed by atoms with E-state index in [1.54, 1.807) is 0 Å². The van der Waals surface area contributed by atoms with Crippen LogP contribution in [0.25, 0.3) is 0 Å². The summed E-state index contributed by atoms with van der Waals surface area (Å²) < 4.78 is 24.8. The zero-order chi connectivity index (χ0) is 15.5. The maximum Gasteiger partial charge on any atom is 0.151 e. The maximum absolute atomic E-state index is 11.5. The highest BCUT2D eigenvalue weighted by Gasteiger charge is 2.30. The number of aromatic nitrogens is 3. The second-order valence-electron chi connectivity index (χ2n) is 6.05. The maximum atomic E-state index is 11.5. The van der Waals surface area contributed by atoms with Crippen LogP contribution in [-0.2, 0) is 22.9 Å². The Morgan fingerprint density at radius 3 is 2.90 bits per heavy atom. The van der Waals surface area contributed by atoms with Gasteiger partial charge >= 0.3 is 0 Å². The van der Waals surface area contributed by atoms with Crippen LogP contribution in [-0.4, -0.2) is 65.5 Å². The number of likely N-dealkylation sites (N-methyl/N-ethyl adjacent to an activating group) is 1. The van der Waals surface area contributed by atoms with E-state index in [-0.39, 0.29) is 11.8 Å². The summed E-state index contributed by atoms with van der Waals surface area (Å²) in [6.07, 6.45) is 2.67. The molecule has 0 amide bonds. The Kier molecular flexibility index (Phi) is 5.34. The van der Waals surface area contributed by atoms with E-state index in [1.807, 2.05) is 17.9 Å². The minimum absolute atomic E-state index is 0.139. The summed E-state index contributed by atoms with van der Waals surface area (Å²) in [5.74, 6) is 0.598. The quantitative estimate of drug-likeness (QED) is 0.756. The molecular formula is C13H25N5O2S. The second-order valence-corrected chi connectivity index (χ2v) is 8.27. The SMILES string of the molecule is CC(C)NCc1cn(CCN(C)C2CCS(=O)(=O)C2)nn1. The summed E-state index contributed by atoms with van der Waals surface area (Å²) in [7, 11) is -0.844. The summed E-state index contributed by atoms with van der Waals surface area (Å²) >= 11 is 0. The molecule has 120 valence electrons. The molecule has 21 heavy (non-hydrogen) atoms. The molecule has 1 aliphatic heterocycles. The number of hydrogen-bond acceptors (Lipinski definition) is 6. The van der Waals surface area contributed by atoms with Gasteiger partial charge < -0.3 is 10.2 Å². The van der Waals surface area contributed by atoms with Gasteiger partial charge in [0.1, 0.15) is 0 Å². The van der Waals surface area contributed by atoms with Gasteiger partial charge in [-0.3, -0.25) is 4.68 Å². The molecule has 0 saturated carbocycles. The molecule has 1 aromatic heterocycles. The lowest BCUT2D eigenvalue weighted by Crippen LogP contribution is -2.35. The molecule has 1 fully saturated rings. The fourth-order valence-electron chi connectivity index (χ4n) is 2.40. The molecule has 1 aromatic rings. The lowest BCUT2D eigenvalue weighted by Gasteiger charge is -2.22. The van der Waals surface area contributed by atoms with Crippen LogP contribution in [0, 0.1) is 0 Å². The van der Waals surface area contributed by atoms with Crippen LogP contribution in [0.2, 0.25) is 0 Å². The van der Waals surface area contributed by atoms with Crippen molar-refractivity contribution in [2.45, 2.75) is 45.4 Å². The minimum Gasteiger partial charge on any atom is -0.309 e. The van der Waals surface area contributed by atoms with Crippen molar-refractivity contribution in [3.63, 3.8) is 0 Å². The third-order valence-corrected chi connectivity index (χ3v) is 5.54. The predicted octanol–water partition coefficient (Wildman–Crippen LogP) is -0.105. The van der Waals surface area contributed by atoms with Gasteiger partial charge in [0.05, 0.1) is 23.7 Å². The fourth-order valence-corrected chi connectivity index (χ4v) is 4.21. The molecule has 2 heterocycles. The van der Waals surface area contributed by atoms with Crippen molar-refractivity contribution in [1.82, 2.24) is 25.2 Å². The molecule has 0 aliphatic carbocycles. The van der Waals surface area contributed by atoms with Gasteiger partial charge in [-0.1, -0.05) is 19.1 Å². The van der Waals surface area contributed by atoms with Gasteiger partial charge in [-0.2, -0.15) is 0 Å². The minimum atomic E-state index is -2.82. The van der Waals surface area contributed by atoms with Gasteiger partial charge in [0.2, 0.25) is 0 Å². The molecule has 0 aromatic carbocycles. The molecule has 1 N–H and O–H groups in total. The van der Waals surface area contributed by atoms with Crippen molar-refractivity contribution < 1.29 is 8.42 Å². The highest BCUT2D eigenvalue weighted by Crippen LogP contribution is 2.16. The van der Waals surface area contributed by atoms with Crippen molar-refractivity contribution in [2.24, 2.45) is 0 Å². The van der Waals surface area contributed by atoms with Gasteiger partial charge in [-0.05, 0) is 13.5 Å². The smallest absolute Gasteiger partial charge is 0.151 e. The van der Waals surface area contributed by atoms with Crippen molar-refractivity contribution >= 4 is 9.84 Å². The van der Waals surface area contributed by atoms with Crippen LogP contribution in [0.1, 0.15) is 26.0 Å². The second kappa shape index (κ2) is 6.85. The van der Waals surface area contributed by atoms with Crippen molar-refractivity contribution in [3.05, 3.63) is 11.9 Å². The first-order valence-corrected chi connectivity index (χ1v) is 9.21. The molecule has 1 saturated heterocycles. The Hall–Kier alpha value is -0.990. The molecule has 0 spiro atoms. The number of nitrogens with one attached hydrogen (secondary N) is 1. The van der Waals surface area contributed by atoms with E-state index in [9.17, 15) is 8.42 Å². The van der Waals surface area contributed by atoms with Gasteiger partial charge in [0, 0.05) is 31.4 Å².